The van der Waals surface area contributed by atoms with Crippen molar-refractivity contribution >= 4 is 11.3 Å². The molecule has 2 unspecified atom stereocenters. The maximum Gasteiger partial charge on any atom is 0.0599 e. The Morgan fingerprint density at radius 2 is 2.32 bits per heavy atom. The highest BCUT2D eigenvalue weighted by Gasteiger charge is 2.27. The summed E-state index contributed by atoms with van der Waals surface area (Å²) < 4.78 is 7.34. The SMILES string of the molecule is COC1CCN(Cc2ccc(-c3cnn(C)c3)s2)C(CN)C1. The molecule has 0 radical (unpaired) electrons. The molecule has 2 aromatic rings. The van der Waals surface area contributed by atoms with Crippen LogP contribution in [0, 0.1) is 0 Å². The summed E-state index contributed by atoms with van der Waals surface area (Å²) in [5.41, 5.74) is 7.15. The highest BCUT2D eigenvalue weighted by molar-refractivity contribution is 7.15. The first-order chi connectivity index (χ1) is 10.7. The van der Waals surface area contributed by atoms with Gasteiger partial charge < -0.3 is 10.5 Å². The Balaban J connectivity index is 1.67. The molecule has 2 aromatic heterocycles. The molecule has 0 amide bonds. The van der Waals surface area contributed by atoms with E-state index < -0.39 is 0 Å². The molecule has 1 fully saturated rings. The Morgan fingerprint density at radius 1 is 1.45 bits per heavy atom. The second-order valence-electron chi connectivity index (χ2n) is 5.91. The van der Waals surface area contributed by atoms with E-state index in [0.717, 1.165) is 25.9 Å². The molecule has 3 rings (SSSR count). The summed E-state index contributed by atoms with van der Waals surface area (Å²) >= 11 is 1.84. The number of rotatable bonds is 5. The van der Waals surface area contributed by atoms with Gasteiger partial charge in [-0.3, -0.25) is 9.58 Å². The van der Waals surface area contributed by atoms with Crippen molar-refractivity contribution in [2.24, 2.45) is 12.8 Å². The zero-order valence-corrected chi connectivity index (χ0v) is 14.1. The van der Waals surface area contributed by atoms with Gasteiger partial charge in [0.1, 0.15) is 0 Å². The number of aryl methyl sites for hydroxylation is 1. The molecule has 0 bridgehead atoms. The maximum absolute atomic E-state index is 5.96. The molecule has 2 N–H and O–H groups in total. The standard InChI is InChI=1S/C16H24N4OS/c1-19-10-12(9-18-19)16-4-3-15(22-16)11-20-6-5-14(21-2)7-13(20)8-17/h3-4,9-10,13-14H,5-8,11,17H2,1-2H3. The lowest BCUT2D eigenvalue weighted by atomic mass is 9.99. The monoisotopic (exact) mass is 320 g/mol. The molecule has 0 aromatic carbocycles. The molecule has 0 saturated carbocycles. The lowest BCUT2D eigenvalue weighted by Crippen LogP contribution is -2.47. The number of hydrogen-bond acceptors (Lipinski definition) is 5. The third kappa shape index (κ3) is 3.41. The van der Waals surface area contributed by atoms with Crippen LogP contribution in [0.3, 0.4) is 0 Å². The van der Waals surface area contributed by atoms with Crippen LogP contribution in [0.4, 0.5) is 0 Å². The van der Waals surface area contributed by atoms with Gasteiger partial charge in [-0.05, 0) is 25.0 Å². The lowest BCUT2D eigenvalue weighted by molar-refractivity contribution is 0.0106. The summed E-state index contributed by atoms with van der Waals surface area (Å²) in [4.78, 5) is 5.15. The summed E-state index contributed by atoms with van der Waals surface area (Å²) in [6.45, 7) is 2.73. The van der Waals surface area contributed by atoms with Crippen LogP contribution in [0.15, 0.2) is 24.5 Å². The molecule has 1 aliphatic rings. The summed E-state index contributed by atoms with van der Waals surface area (Å²) in [6, 6.07) is 4.84. The van der Waals surface area contributed by atoms with Gasteiger partial charge in [0.05, 0.1) is 12.3 Å². The Hall–Kier alpha value is -1.21. The average Bonchev–Trinajstić information content (AvgIpc) is 3.16. The fourth-order valence-electron chi connectivity index (χ4n) is 3.10. The van der Waals surface area contributed by atoms with Gasteiger partial charge in [-0.1, -0.05) is 0 Å². The molecular weight excluding hydrogens is 296 g/mol. The van der Waals surface area contributed by atoms with Crippen LogP contribution in [-0.2, 0) is 18.3 Å². The highest BCUT2D eigenvalue weighted by atomic mass is 32.1. The van der Waals surface area contributed by atoms with Crippen LogP contribution >= 0.6 is 11.3 Å². The predicted octanol–water partition coefficient (Wildman–Crippen LogP) is 2.09. The van der Waals surface area contributed by atoms with Crippen LogP contribution in [-0.4, -0.2) is 47.0 Å². The van der Waals surface area contributed by atoms with Crippen molar-refractivity contribution in [1.82, 2.24) is 14.7 Å². The molecule has 3 heterocycles. The second-order valence-corrected chi connectivity index (χ2v) is 7.08. The van der Waals surface area contributed by atoms with Crippen molar-refractivity contribution < 1.29 is 4.74 Å². The first-order valence-electron chi connectivity index (χ1n) is 7.74. The van der Waals surface area contributed by atoms with Gasteiger partial charge >= 0.3 is 0 Å². The van der Waals surface area contributed by atoms with Crippen molar-refractivity contribution in [2.45, 2.75) is 31.5 Å². The largest absolute Gasteiger partial charge is 0.381 e. The van der Waals surface area contributed by atoms with Gasteiger partial charge in [-0.15, -0.1) is 11.3 Å². The van der Waals surface area contributed by atoms with Crippen molar-refractivity contribution in [2.75, 3.05) is 20.2 Å². The van der Waals surface area contributed by atoms with Gasteiger partial charge in [0, 0.05) is 61.3 Å². The molecule has 120 valence electrons. The molecule has 6 heteroatoms. The molecule has 0 spiro atoms. The summed E-state index contributed by atoms with van der Waals surface area (Å²) in [5.74, 6) is 0. The Kier molecular flexibility index (Phi) is 4.93. The zero-order chi connectivity index (χ0) is 15.5. The summed E-state index contributed by atoms with van der Waals surface area (Å²) in [7, 11) is 3.75. The Bertz CT molecular complexity index is 609. The Morgan fingerprint density at radius 3 is 3.00 bits per heavy atom. The van der Waals surface area contributed by atoms with Crippen molar-refractivity contribution in [3.63, 3.8) is 0 Å². The van der Waals surface area contributed by atoms with E-state index in [1.54, 1.807) is 7.11 Å². The highest BCUT2D eigenvalue weighted by Crippen LogP contribution is 2.30. The average molecular weight is 320 g/mol. The van der Waals surface area contributed by atoms with Crippen LogP contribution in [0.1, 0.15) is 17.7 Å². The number of nitrogens with two attached hydrogens (primary N) is 1. The lowest BCUT2D eigenvalue weighted by Gasteiger charge is -2.38. The predicted molar refractivity (Wildman–Crippen MR) is 89.8 cm³/mol. The van der Waals surface area contributed by atoms with Gasteiger partial charge in [0.2, 0.25) is 0 Å². The summed E-state index contributed by atoms with van der Waals surface area (Å²) in [5, 5.41) is 4.24. The van der Waals surface area contributed by atoms with Crippen LogP contribution in [0.5, 0.6) is 0 Å². The number of hydrogen-bond donors (Lipinski definition) is 1. The van der Waals surface area contributed by atoms with Gasteiger partial charge in [-0.25, -0.2) is 0 Å². The number of aromatic nitrogens is 2. The van der Waals surface area contributed by atoms with Gasteiger partial charge in [0.15, 0.2) is 0 Å². The zero-order valence-electron chi connectivity index (χ0n) is 13.2. The number of methoxy groups -OCH3 is 1. The first-order valence-corrected chi connectivity index (χ1v) is 8.56. The first kappa shape index (κ1) is 15.7. The van der Waals surface area contributed by atoms with Crippen molar-refractivity contribution in [1.29, 1.82) is 0 Å². The van der Waals surface area contributed by atoms with E-state index in [0.29, 0.717) is 18.7 Å². The number of ether oxygens (including phenoxy) is 1. The fraction of sp³-hybridized carbons (Fsp3) is 0.562. The minimum Gasteiger partial charge on any atom is -0.381 e. The fourth-order valence-corrected chi connectivity index (χ4v) is 4.11. The van der Waals surface area contributed by atoms with E-state index in [9.17, 15) is 0 Å². The minimum atomic E-state index is 0.360. The van der Waals surface area contributed by atoms with Crippen molar-refractivity contribution in [3.05, 3.63) is 29.4 Å². The van der Waals surface area contributed by atoms with Gasteiger partial charge in [0.25, 0.3) is 0 Å². The van der Waals surface area contributed by atoms with E-state index in [4.69, 9.17) is 10.5 Å². The molecule has 1 aliphatic heterocycles. The molecule has 2 atom stereocenters. The van der Waals surface area contributed by atoms with Crippen LogP contribution < -0.4 is 5.73 Å². The number of likely N-dealkylation sites (tertiary alicyclic amines) is 1. The maximum atomic E-state index is 5.96. The molecule has 0 aliphatic carbocycles. The van der Waals surface area contributed by atoms with E-state index >= 15 is 0 Å². The number of piperidine rings is 1. The molecule has 5 nitrogen and oxygen atoms in total. The van der Waals surface area contributed by atoms with E-state index in [1.807, 2.05) is 29.3 Å². The van der Waals surface area contributed by atoms with Gasteiger partial charge in [-0.2, -0.15) is 5.10 Å². The van der Waals surface area contributed by atoms with Crippen LogP contribution in [0.25, 0.3) is 10.4 Å². The normalized spacial score (nSPS) is 23.0. The molecular formula is C16H24N4OS. The quantitative estimate of drug-likeness (QED) is 0.916. The van der Waals surface area contributed by atoms with E-state index in [1.165, 1.54) is 15.3 Å². The van der Waals surface area contributed by atoms with E-state index in [2.05, 4.69) is 28.3 Å². The third-order valence-corrected chi connectivity index (χ3v) is 5.52. The van der Waals surface area contributed by atoms with E-state index in [-0.39, 0.29) is 0 Å². The Labute approximate surface area is 135 Å². The smallest absolute Gasteiger partial charge is 0.0599 e. The number of thiophene rings is 1. The van der Waals surface area contributed by atoms with Crippen LogP contribution in [0.2, 0.25) is 0 Å². The molecule has 1 saturated heterocycles. The summed E-state index contributed by atoms with van der Waals surface area (Å²) in [6.07, 6.45) is 6.46. The topological polar surface area (TPSA) is 56.3 Å². The third-order valence-electron chi connectivity index (χ3n) is 4.41. The minimum absolute atomic E-state index is 0.360. The number of nitrogens with zero attached hydrogens (tertiary/aromatic N) is 3. The van der Waals surface area contributed by atoms with Crippen molar-refractivity contribution in [3.8, 4) is 10.4 Å². The second kappa shape index (κ2) is 6.91. The molecule has 22 heavy (non-hydrogen) atoms.